The Bertz CT molecular complexity index is 893. The third-order valence-corrected chi connectivity index (χ3v) is 5.07. The number of nitrogens with zero attached hydrogens (tertiary/aromatic N) is 1. The molecule has 144 valence electrons. The van der Waals surface area contributed by atoms with E-state index < -0.39 is 0 Å². The number of nitrogens with one attached hydrogen (secondary N) is 1. The van der Waals surface area contributed by atoms with Crippen LogP contribution in [0.3, 0.4) is 0 Å². The molecule has 0 radical (unpaired) electrons. The van der Waals surface area contributed by atoms with Crippen LogP contribution in [0.25, 0.3) is 0 Å². The van der Waals surface area contributed by atoms with Crippen LogP contribution >= 0.6 is 11.3 Å². The average Bonchev–Trinajstić information content (AvgIpc) is 3.27. The van der Waals surface area contributed by atoms with E-state index in [1.807, 2.05) is 41.8 Å². The van der Waals surface area contributed by atoms with Gasteiger partial charge in [-0.2, -0.15) is 0 Å². The second-order valence-electron chi connectivity index (χ2n) is 6.21. The van der Waals surface area contributed by atoms with Crippen LogP contribution in [0.4, 0.5) is 5.69 Å². The fourth-order valence-electron chi connectivity index (χ4n) is 2.74. The number of anilines is 1. The third kappa shape index (κ3) is 5.28. The number of carbonyl (C=O) groups is 2. The molecule has 3 aromatic rings. The predicted molar refractivity (Wildman–Crippen MR) is 112 cm³/mol. The van der Waals surface area contributed by atoms with Crippen molar-refractivity contribution in [3.63, 3.8) is 0 Å². The normalized spacial score (nSPS) is 10.5. The van der Waals surface area contributed by atoms with Crippen molar-refractivity contribution in [3.8, 4) is 0 Å². The van der Waals surface area contributed by atoms with Crippen LogP contribution in [0.5, 0.6) is 0 Å². The molecule has 1 N–H and O–H groups in total. The molecule has 2 amide bonds. The maximum Gasteiger partial charge on any atom is 0.265 e. The molecule has 1 heterocycles. The summed E-state index contributed by atoms with van der Waals surface area (Å²) in [5.74, 6) is -0.225. The zero-order valence-corrected chi connectivity index (χ0v) is 16.4. The molecule has 0 aliphatic heterocycles. The van der Waals surface area contributed by atoms with Gasteiger partial charge in [-0.3, -0.25) is 9.59 Å². The summed E-state index contributed by atoms with van der Waals surface area (Å²) in [7, 11) is 1.62. The second kappa shape index (κ2) is 9.82. The number of hydrogen-bond acceptors (Lipinski definition) is 4. The van der Waals surface area contributed by atoms with Crippen molar-refractivity contribution < 1.29 is 14.3 Å². The van der Waals surface area contributed by atoms with Crippen molar-refractivity contribution >= 4 is 28.8 Å². The van der Waals surface area contributed by atoms with E-state index >= 15 is 0 Å². The van der Waals surface area contributed by atoms with Crippen LogP contribution in [0.1, 0.15) is 25.6 Å². The highest BCUT2D eigenvalue weighted by Gasteiger charge is 2.16. The third-order valence-electron chi connectivity index (χ3n) is 4.20. The minimum atomic E-state index is -0.153. The largest absolute Gasteiger partial charge is 0.383 e. The molecule has 0 spiro atoms. The lowest BCUT2D eigenvalue weighted by atomic mass is 10.1. The first-order chi connectivity index (χ1) is 13.7. The van der Waals surface area contributed by atoms with Crippen LogP contribution < -0.4 is 5.32 Å². The smallest absolute Gasteiger partial charge is 0.265 e. The number of amides is 2. The van der Waals surface area contributed by atoms with Crippen LogP contribution in [0, 0.1) is 0 Å². The summed E-state index contributed by atoms with van der Waals surface area (Å²) in [6.45, 7) is 1.48. The van der Waals surface area contributed by atoms with Crippen LogP contribution in [0.2, 0.25) is 0 Å². The Morgan fingerprint density at radius 1 is 1.00 bits per heavy atom. The molecule has 1 aromatic heterocycles. The maximum atomic E-state index is 13.0. The molecule has 6 heteroatoms. The summed E-state index contributed by atoms with van der Waals surface area (Å²) in [4.78, 5) is 27.5. The van der Waals surface area contributed by atoms with Crippen LogP contribution in [-0.2, 0) is 11.3 Å². The Hall–Kier alpha value is -2.96. The van der Waals surface area contributed by atoms with E-state index in [1.165, 1.54) is 11.3 Å². The summed E-state index contributed by atoms with van der Waals surface area (Å²) in [6.07, 6.45) is 0. The first kappa shape index (κ1) is 19.8. The summed E-state index contributed by atoms with van der Waals surface area (Å²) >= 11 is 1.39. The second-order valence-corrected chi connectivity index (χ2v) is 7.16. The monoisotopic (exact) mass is 394 g/mol. The van der Waals surface area contributed by atoms with Gasteiger partial charge in [-0.15, -0.1) is 11.3 Å². The zero-order valence-electron chi connectivity index (χ0n) is 15.6. The molecule has 28 heavy (non-hydrogen) atoms. The molecule has 0 aliphatic carbocycles. The molecule has 0 aliphatic rings. The van der Waals surface area contributed by atoms with Gasteiger partial charge in [0.25, 0.3) is 11.8 Å². The standard InChI is InChI=1S/C22H22N2O3S/c1-27-14-13-24(16-17-6-3-2-4-7-17)22(26)18-9-11-19(12-10-18)23-21(25)20-8-5-15-28-20/h2-12,15H,13-14,16H2,1H3,(H,23,25). The van der Waals surface area contributed by atoms with Gasteiger partial charge in [0.1, 0.15) is 0 Å². The van der Waals surface area contributed by atoms with Crippen LogP contribution in [0.15, 0.2) is 72.1 Å². The number of benzene rings is 2. The Morgan fingerprint density at radius 3 is 2.39 bits per heavy atom. The SMILES string of the molecule is COCCN(Cc1ccccc1)C(=O)c1ccc(NC(=O)c2cccs2)cc1. The van der Waals surface area contributed by atoms with E-state index in [-0.39, 0.29) is 11.8 Å². The average molecular weight is 394 g/mol. The first-order valence-electron chi connectivity index (χ1n) is 8.94. The highest BCUT2D eigenvalue weighted by molar-refractivity contribution is 7.12. The minimum Gasteiger partial charge on any atom is -0.383 e. The quantitative estimate of drug-likeness (QED) is 0.620. The lowest BCUT2D eigenvalue weighted by Gasteiger charge is -2.23. The summed E-state index contributed by atoms with van der Waals surface area (Å²) in [5.41, 5.74) is 2.29. The van der Waals surface area contributed by atoms with Gasteiger partial charge in [-0.05, 0) is 41.3 Å². The highest BCUT2D eigenvalue weighted by Crippen LogP contribution is 2.16. The maximum absolute atomic E-state index is 13.0. The molecule has 0 fully saturated rings. The van der Waals surface area contributed by atoms with Gasteiger partial charge in [-0.1, -0.05) is 36.4 Å². The summed E-state index contributed by atoms with van der Waals surface area (Å²) < 4.78 is 5.15. The van der Waals surface area contributed by atoms with E-state index in [2.05, 4.69) is 5.32 Å². The number of ether oxygens (including phenoxy) is 1. The molecule has 0 bridgehead atoms. The van der Waals surface area contributed by atoms with Crippen molar-refractivity contribution in [1.29, 1.82) is 0 Å². The van der Waals surface area contributed by atoms with Crippen LogP contribution in [-0.4, -0.2) is 37.0 Å². The van der Waals surface area contributed by atoms with Gasteiger partial charge in [0.05, 0.1) is 11.5 Å². The van der Waals surface area contributed by atoms with E-state index in [4.69, 9.17) is 4.74 Å². The van der Waals surface area contributed by atoms with E-state index in [0.29, 0.717) is 35.8 Å². The Balaban J connectivity index is 1.69. The predicted octanol–water partition coefficient (Wildman–Crippen LogP) is 4.29. The first-order valence-corrected chi connectivity index (χ1v) is 9.82. The van der Waals surface area contributed by atoms with E-state index in [1.54, 1.807) is 42.3 Å². The molecule has 3 rings (SSSR count). The van der Waals surface area contributed by atoms with E-state index in [0.717, 1.165) is 5.56 Å². The summed E-state index contributed by atoms with van der Waals surface area (Å²) in [5, 5.41) is 4.70. The molecule has 2 aromatic carbocycles. The molecule has 0 atom stereocenters. The van der Waals surface area contributed by atoms with Gasteiger partial charge < -0.3 is 15.0 Å². The molecular formula is C22H22N2O3S. The fraction of sp³-hybridized carbons (Fsp3) is 0.182. The van der Waals surface area contributed by atoms with Crippen molar-refractivity contribution in [3.05, 3.63) is 88.1 Å². The number of carbonyl (C=O) groups excluding carboxylic acids is 2. The van der Waals surface area contributed by atoms with E-state index in [9.17, 15) is 9.59 Å². The number of methoxy groups -OCH3 is 1. The van der Waals surface area contributed by atoms with Crippen molar-refractivity contribution in [2.45, 2.75) is 6.54 Å². The van der Waals surface area contributed by atoms with Gasteiger partial charge in [0.15, 0.2) is 0 Å². The number of thiophene rings is 1. The van der Waals surface area contributed by atoms with Crippen molar-refractivity contribution in [2.75, 3.05) is 25.6 Å². The highest BCUT2D eigenvalue weighted by atomic mass is 32.1. The summed E-state index contributed by atoms with van der Waals surface area (Å²) in [6, 6.07) is 20.4. The molecule has 0 saturated carbocycles. The lowest BCUT2D eigenvalue weighted by Crippen LogP contribution is -2.33. The van der Waals surface area contributed by atoms with Gasteiger partial charge in [0, 0.05) is 31.5 Å². The van der Waals surface area contributed by atoms with Gasteiger partial charge in [0.2, 0.25) is 0 Å². The van der Waals surface area contributed by atoms with Crippen molar-refractivity contribution in [1.82, 2.24) is 4.90 Å². The Kier molecular flexibility index (Phi) is 6.94. The topological polar surface area (TPSA) is 58.6 Å². The molecule has 0 saturated heterocycles. The molecule has 5 nitrogen and oxygen atoms in total. The Labute approximate surface area is 168 Å². The zero-order chi connectivity index (χ0) is 19.8. The number of rotatable bonds is 8. The van der Waals surface area contributed by atoms with Gasteiger partial charge in [-0.25, -0.2) is 0 Å². The lowest BCUT2D eigenvalue weighted by molar-refractivity contribution is 0.0680. The molecule has 0 unspecified atom stereocenters. The van der Waals surface area contributed by atoms with Crippen molar-refractivity contribution in [2.24, 2.45) is 0 Å². The number of hydrogen-bond donors (Lipinski definition) is 1. The van der Waals surface area contributed by atoms with Gasteiger partial charge >= 0.3 is 0 Å². The fourth-order valence-corrected chi connectivity index (χ4v) is 3.36. The minimum absolute atomic E-state index is 0.0722. The Morgan fingerprint density at radius 2 is 1.75 bits per heavy atom. The molecular weight excluding hydrogens is 372 g/mol.